The number of nitrogen functional groups attached to an aromatic ring is 1. The summed E-state index contributed by atoms with van der Waals surface area (Å²) in [6.07, 6.45) is 4.87. The lowest BCUT2D eigenvalue weighted by atomic mass is 10.7. The van der Waals surface area contributed by atoms with Gasteiger partial charge in [0.15, 0.2) is 5.82 Å². The summed E-state index contributed by atoms with van der Waals surface area (Å²) in [7, 11) is -3.79. The van der Waals surface area contributed by atoms with Gasteiger partial charge in [0.05, 0.1) is 24.8 Å². The van der Waals surface area contributed by atoms with E-state index >= 15 is 0 Å². The highest BCUT2D eigenvalue weighted by molar-refractivity contribution is 9.10. The average Bonchev–Trinajstić information content (AvgIpc) is 2.32. The van der Waals surface area contributed by atoms with E-state index in [1.54, 1.807) is 0 Å². The fraction of sp³-hybridized carbons (Fsp3) is 0. The molecule has 2 heterocycles. The lowest BCUT2D eigenvalue weighted by Crippen LogP contribution is -2.15. The molecule has 0 aliphatic rings. The van der Waals surface area contributed by atoms with Gasteiger partial charge < -0.3 is 5.73 Å². The Labute approximate surface area is 111 Å². The van der Waals surface area contributed by atoms with Crippen LogP contribution in [0.4, 0.5) is 11.8 Å². The van der Waals surface area contributed by atoms with Gasteiger partial charge in [0.25, 0.3) is 10.0 Å². The zero-order valence-corrected chi connectivity index (χ0v) is 11.2. The van der Waals surface area contributed by atoms with Crippen LogP contribution in [0.3, 0.4) is 0 Å². The molecule has 8 nitrogen and oxygen atoms in total. The molecular weight excluding hydrogens is 324 g/mol. The van der Waals surface area contributed by atoms with Crippen molar-refractivity contribution in [1.82, 2.24) is 19.9 Å². The predicted octanol–water partition coefficient (Wildman–Crippen LogP) is 0.412. The van der Waals surface area contributed by atoms with Gasteiger partial charge in [0, 0.05) is 0 Å². The SMILES string of the molecule is Nc1ncc(S(=O)(=O)Nc2cnc(Br)cn2)cn1. The number of hydrogen-bond acceptors (Lipinski definition) is 7. The van der Waals surface area contributed by atoms with E-state index in [9.17, 15) is 8.42 Å². The predicted molar refractivity (Wildman–Crippen MR) is 67.0 cm³/mol. The van der Waals surface area contributed by atoms with Crippen molar-refractivity contribution in [3.8, 4) is 0 Å². The van der Waals surface area contributed by atoms with Gasteiger partial charge in [0.2, 0.25) is 5.95 Å². The third kappa shape index (κ3) is 2.90. The number of nitrogens with two attached hydrogens (primary N) is 1. The van der Waals surface area contributed by atoms with E-state index in [1.165, 1.54) is 12.4 Å². The monoisotopic (exact) mass is 330 g/mol. The van der Waals surface area contributed by atoms with Gasteiger partial charge in [-0.25, -0.2) is 28.4 Å². The van der Waals surface area contributed by atoms with Crippen molar-refractivity contribution in [2.45, 2.75) is 4.90 Å². The minimum absolute atomic E-state index is 0.00242. The maximum Gasteiger partial charge on any atom is 0.266 e. The molecule has 0 radical (unpaired) electrons. The fourth-order valence-electron chi connectivity index (χ4n) is 1.03. The number of aromatic nitrogens is 4. The highest BCUT2D eigenvalue weighted by Crippen LogP contribution is 2.13. The molecular formula is C8H7BrN6O2S. The Morgan fingerprint density at radius 1 is 1.06 bits per heavy atom. The first-order valence-electron chi connectivity index (χ1n) is 4.55. The number of hydrogen-bond donors (Lipinski definition) is 2. The Bertz CT molecular complexity index is 642. The third-order valence-electron chi connectivity index (χ3n) is 1.82. The quantitative estimate of drug-likeness (QED) is 0.835. The zero-order chi connectivity index (χ0) is 13.2. The van der Waals surface area contributed by atoms with Crippen molar-refractivity contribution in [1.29, 1.82) is 0 Å². The summed E-state index contributed by atoms with van der Waals surface area (Å²) in [5.41, 5.74) is 5.27. The van der Waals surface area contributed by atoms with Gasteiger partial charge >= 0.3 is 0 Å². The van der Waals surface area contributed by atoms with Crippen molar-refractivity contribution in [2.75, 3.05) is 10.5 Å². The van der Waals surface area contributed by atoms with Crippen LogP contribution in [-0.2, 0) is 10.0 Å². The summed E-state index contributed by atoms with van der Waals surface area (Å²) in [6, 6.07) is 0. The second-order valence-corrected chi connectivity index (χ2v) is 5.60. The molecule has 0 saturated heterocycles. The first-order chi connectivity index (χ1) is 8.47. The summed E-state index contributed by atoms with van der Waals surface area (Å²) >= 11 is 3.09. The van der Waals surface area contributed by atoms with Crippen LogP contribution in [-0.4, -0.2) is 28.4 Å². The molecule has 10 heteroatoms. The van der Waals surface area contributed by atoms with Crippen LogP contribution < -0.4 is 10.5 Å². The van der Waals surface area contributed by atoms with E-state index in [0.717, 1.165) is 12.4 Å². The Balaban J connectivity index is 2.27. The lowest BCUT2D eigenvalue weighted by Gasteiger charge is -2.06. The van der Waals surface area contributed by atoms with E-state index in [2.05, 4.69) is 40.6 Å². The molecule has 0 atom stereocenters. The van der Waals surface area contributed by atoms with Gasteiger partial charge in [-0.05, 0) is 15.9 Å². The normalized spacial score (nSPS) is 11.2. The summed E-state index contributed by atoms with van der Waals surface area (Å²) < 4.78 is 26.5. The summed E-state index contributed by atoms with van der Waals surface area (Å²) in [5.74, 6) is 0.0902. The van der Waals surface area contributed by atoms with Gasteiger partial charge in [0.1, 0.15) is 9.50 Å². The Kier molecular flexibility index (Phi) is 3.39. The highest BCUT2D eigenvalue weighted by atomic mass is 79.9. The third-order valence-corrected chi connectivity index (χ3v) is 3.54. The first-order valence-corrected chi connectivity index (χ1v) is 6.83. The van der Waals surface area contributed by atoms with Crippen molar-refractivity contribution in [2.24, 2.45) is 0 Å². The van der Waals surface area contributed by atoms with Crippen molar-refractivity contribution in [3.05, 3.63) is 29.4 Å². The van der Waals surface area contributed by atoms with Crippen molar-refractivity contribution in [3.63, 3.8) is 0 Å². The van der Waals surface area contributed by atoms with Gasteiger partial charge in [-0.15, -0.1) is 0 Å². The molecule has 0 fully saturated rings. The van der Waals surface area contributed by atoms with E-state index in [1.807, 2.05) is 0 Å². The number of nitrogens with one attached hydrogen (secondary N) is 1. The van der Waals surface area contributed by atoms with Crippen molar-refractivity contribution >= 4 is 37.7 Å². The molecule has 0 aliphatic heterocycles. The zero-order valence-electron chi connectivity index (χ0n) is 8.78. The van der Waals surface area contributed by atoms with E-state index in [0.29, 0.717) is 4.60 Å². The van der Waals surface area contributed by atoms with Crippen LogP contribution in [0.5, 0.6) is 0 Å². The Morgan fingerprint density at radius 3 is 2.28 bits per heavy atom. The van der Waals surface area contributed by atoms with Gasteiger partial charge in [-0.2, -0.15) is 0 Å². The number of anilines is 2. The molecule has 2 aromatic heterocycles. The second-order valence-electron chi connectivity index (χ2n) is 3.11. The summed E-state index contributed by atoms with van der Waals surface area (Å²) in [6.45, 7) is 0. The summed E-state index contributed by atoms with van der Waals surface area (Å²) in [4.78, 5) is 14.8. The molecule has 0 unspecified atom stereocenters. The largest absolute Gasteiger partial charge is 0.368 e. The molecule has 2 rings (SSSR count). The van der Waals surface area contributed by atoms with Crippen LogP contribution in [0.25, 0.3) is 0 Å². The highest BCUT2D eigenvalue weighted by Gasteiger charge is 2.15. The maximum absolute atomic E-state index is 11.9. The molecule has 2 aromatic rings. The van der Waals surface area contributed by atoms with Crippen LogP contribution >= 0.6 is 15.9 Å². The molecule has 0 aliphatic carbocycles. The van der Waals surface area contributed by atoms with Crippen LogP contribution in [0, 0.1) is 0 Å². The van der Waals surface area contributed by atoms with Crippen molar-refractivity contribution < 1.29 is 8.42 Å². The second kappa shape index (κ2) is 4.82. The molecule has 3 N–H and O–H groups in total. The van der Waals surface area contributed by atoms with Gasteiger partial charge in [-0.3, -0.25) is 4.72 Å². The molecule has 0 saturated carbocycles. The topological polar surface area (TPSA) is 124 Å². The minimum atomic E-state index is -3.79. The minimum Gasteiger partial charge on any atom is -0.368 e. The lowest BCUT2D eigenvalue weighted by molar-refractivity contribution is 0.600. The molecule has 94 valence electrons. The van der Waals surface area contributed by atoms with E-state index in [4.69, 9.17) is 5.73 Å². The fourth-order valence-corrected chi connectivity index (χ4v) is 2.11. The Morgan fingerprint density at radius 2 is 1.72 bits per heavy atom. The van der Waals surface area contributed by atoms with Crippen LogP contribution in [0.2, 0.25) is 0 Å². The number of halogens is 1. The van der Waals surface area contributed by atoms with Crippen LogP contribution in [0.1, 0.15) is 0 Å². The summed E-state index contributed by atoms with van der Waals surface area (Å²) in [5, 5.41) is 0. The maximum atomic E-state index is 11.9. The van der Waals surface area contributed by atoms with Crippen LogP contribution in [0.15, 0.2) is 34.3 Å². The van der Waals surface area contributed by atoms with E-state index < -0.39 is 10.0 Å². The Hall–Kier alpha value is -1.81. The first kappa shape index (κ1) is 12.6. The molecule has 0 aromatic carbocycles. The smallest absolute Gasteiger partial charge is 0.266 e. The molecule has 0 amide bonds. The number of nitrogens with zero attached hydrogens (tertiary/aromatic N) is 4. The van der Waals surface area contributed by atoms with Gasteiger partial charge in [-0.1, -0.05) is 0 Å². The molecule has 18 heavy (non-hydrogen) atoms. The average molecular weight is 331 g/mol. The molecule has 0 spiro atoms. The number of rotatable bonds is 3. The number of sulfonamides is 1. The molecule has 0 bridgehead atoms. The standard InChI is InChI=1S/C8H7BrN6O2S/c9-6-3-12-7(4-11-6)15-18(16,17)5-1-13-8(10)14-2-5/h1-4H,(H,12,15)(H2,10,13,14). The van der Waals surface area contributed by atoms with E-state index in [-0.39, 0.29) is 16.7 Å².